The molecule has 4 N–H and O–H groups in total. The Kier molecular flexibility index (Phi) is 4.89. The number of nitrogens with one attached hydrogen (secondary N) is 2. The monoisotopic (exact) mass is 333 g/mol. The molecule has 0 aliphatic rings. The molecule has 0 aliphatic carbocycles. The largest absolute Gasteiger partial charge is 0.399 e. The van der Waals surface area contributed by atoms with Crippen LogP contribution in [0.2, 0.25) is 0 Å². The maximum Gasteiger partial charge on any atom is 0.256 e. The molecular formula is C19H19N5O. The number of benzene rings is 2. The topological polar surface area (TPSA) is 92.9 Å². The lowest BCUT2D eigenvalue weighted by molar-refractivity contribution is 0.102. The fourth-order valence-corrected chi connectivity index (χ4v) is 2.37. The number of aromatic nitrogens is 2. The molecule has 0 saturated heterocycles. The Balaban J connectivity index is 1.92. The van der Waals surface area contributed by atoms with Crippen LogP contribution in [0.4, 0.5) is 17.5 Å². The average Bonchev–Trinajstić information content (AvgIpc) is 2.62. The minimum absolute atomic E-state index is 0.271. The van der Waals surface area contributed by atoms with Crippen molar-refractivity contribution < 1.29 is 4.79 Å². The molecule has 0 radical (unpaired) electrons. The summed E-state index contributed by atoms with van der Waals surface area (Å²) >= 11 is 0. The van der Waals surface area contributed by atoms with Crippen molar-refractivity contribution in [2.75, 3.05) is 22.9 Å². The minimum atomic E-state index is -0.271. The summed E-state index contributed by atoms with van der Waals surface area (Å²) in [6.45, 7) is 2.64. The van der Waals surface area contributed by atoms with Crippen molar-refractivity contribution in [1.82, 2.24) is 9.97 Å². The molecule has 1 heterocycles. The Bertz CT molecular complexity index is 880. The van der Waals surface area contributed by atoms with E-state index in [2.05, 4.69) is 20.6 Å². The van der Waals surface area contributed by atoms with E-state index in [0.717, 1.165) is 11.3 Å². The highest BCUT2D eigenvalue weighted by molar-refractivity contribution is 6.04. The number of hydrogen-bond donors (Lipinski definition) is 3. The van der Waals surface area contributed by atoms with E-state index >= 15 is 0 Å². The maximum absolute atomic E-state index is 12.4. The lowest BCUT2D eigenvalue weighted by Crippen LogP contribution is -2.14. The van der Waals surface area contributed by atoms with Crippen LogP contribution in [0.3, 0.4) is 0 Å². The average molecular weight is 333 g/mol. The molecule has 0 unspecified atom stereocenters. The molecular weight excluding hydrogens is 314 g/mol. The van der Waals surface area contributed by atoms with Gasteiger partial charge >= 0.3 is 0 Å². The minimum Gasteiger partial charge on any atom is -0.399 e. The van der Waals surface area contributed by atoms with Gasteiger partial charge in [0.25, 0.3) is 5.91 Å². The third kappa shape index (κ3) is 4.11. The zero-order valence-corrected chi connectivity index (χ0v) is 13.9. The predicted octanol–water partition coefficient (Wildman–Crippen LogP) is 3.41. The van der Waals surface area contributed by atoms with Crippen LogP contribution in [0.1, 0.15) is 17.3 Å². The highest BCUT2D eigenvalue weighted by Gasteiger charge is 2.11. The molecule has 0 aliphatic heterocycles. The molecule has 3 aromatic rings. The third-order valence-corrected chi connectivity index (χ3v) is 3.52. The Hall–Kier alpha value is -3.41. The van der Waals surface area contributed by atoms with Gasteiger partial charge in [-0.3, -0.25) is 4.79 Å². The van der Waals surface area contributed by atoms with E-state index in [1.165, 1.54) is 0 Å². The highest BCUT2D eigenvalue weighted by Crippen LogP contribution is 2.21. The Morgan fingerprint density at radius 2 is 1.84 bits per heavy atom. The molecule has 6 nitrogen and oxygen atoms in total. The van der Waals surface area contributed by atoms with Gasteiger partial charge in [-0.1, -0.05) is 36.4 Å². The van der Waals surface area contributed by atoms with Gasteiger partial charge in [0.15, 0.2) is 0 Å². The number of rotatable bonds is 5. The first kappa shape index (κ1) is 16.4. The summed E-state index contributed by atoms with van der Waals surface area (Å²) in [4.78, 5) is 21.3. The predicted molar refractivity (Wildman–Crippen MR) is 100 cm³/mol. The number of anilines is 3. The van der Waals surface area contributed by atoms with Gasteiger partial charge in [-0.15, -0.1) is 0 Å². The molecule has 1 aromatic heterocycles. The van der Waals surface area contributed by atoms with Gasteiger partial charge in [-0.05, 0) is 25.1 Å². The van der Waals surface area contributed by atoms with E-state index in [1.54, 1.807) is 30.3 Å². The van der Waals surface area contributed by atoms with Crippen molar-refractivity contribution in [3.8, 4) is 11.3 Å². The lowest BCUT2D eigenvalue weighted by Gasteiger charge is -2.10. The zero-order valence-electron chi connectivity index (χ0n) is 13.9. The highest BCUT2D eigenvalue weighted by atomic mass is 16.1. The molecule has 1 amide bonds. The van der Waals surface area contributed by atoms with E-state index in [1.807, 2.05) is 37.3 Å². The summed E-state index contributed by atoms with van der Waals surface area (Å²) in [6, 6.07) is 18.3. The molecule has 0 bridgehead atoms. The van der Waals surface area contributed by atoms with E-state index in [9.17, 15) is 4.79 Å². The number of nitrogens with two attached hydrogens (primary N) is 1. The lowest BCUT2D eigenvalue weighted by atomic mass is 10.1. The van der Waals surface area contributed by atoms with Gasteiger partial charge in [0, 0.05) is 29.4 Å². The van der Waals surface area contributed by atoms with Crippen LogP contribution in [-0.4, -0.2) is 22.4 Å². The molecule has 0 saturated carbocycles. The van der Waals surface area contributed by atoms with Crippen molar-refractivity contribution in [2.45, 2.75) is 6.92 Å². The van der Waals surface area contributed by atoms with Gasteiger partial charge in [0.1, 0.15) is 5.82 Å². The van der Waals surface area contributed by atoms with Crippen LogP contribution in [0, 0.1) is 0 Å². The van der Waals surface area contributed by atoms with Crippen LogP contribution in [0.15, 0.2) is 60.7 Å². The van der Waals surface area contributed by atoms with Gasteiger partial charge in [0.05, 0.1) is 5.69 Å². The second-order valence-electron chi connectivity index (χ2n) is 5.44. The van der Waals surface area contributed by atoms with Crippen LogP contribution in [-0.2, 0) is 0 Å². The quantitative estimate of drug-likeness (QED) is 0.622. The van der Waals surface area contributed by atoms with Crippen molar-refractivity contribution in [2.24, 2.45) is 0 Å². The van der Waals surface area contributed by atoms with Crippen molar-refractivity contribution in [3.05, 3.63) is 66.2 Å². The molecule has 0 spiro atoms. The Labute approximate surface area is 146 Å². The number of hydrogen-bond acceptors (Lipinski definition) is 5. The van der Waals surface area contributed by atoms with Crippen LogP contribution >= 0.6 is 0 Å². The van der Waals surface area contributed by atoms with E-state index in [-0.39, 0.29) is 5.91 Å². The molecule has 0 fully saturated rings. The summed E-state index contributed by atoms with van der Waals surface area (Å²) < 4.78 is 0. The summed E-state index contributed by atoms with van der Waals surface area (Å²) in [5.74, 6) is 0.622. The first-order valence-electron chi connectivity index (χ1n) is 8.01. The van der Waals surface area contributed by atoms with Crippen molar-refractivity contribution >= 4 is 23.4 Å². The van der Waals surface area contributed by atoms with Crippen LogP contribution in [0.25, 0.3) is 11.3 Å². The van der Waals surface area contributed by atoms with Crippen LogP contribution < -0.4 is 16.4 Å². The SMILES string of the molecule is CCNc1nc(NC(=O)c2cccc(N)c2)cc(-c2ccccc2)n1. The number of carbonyl (C=O) groups is 1. The van der Waals surface area contributed by atoms with E-state index < -0.39 is 0 Å². The van der Waals surface area contributed by atoms with Crippen molar-refractivity contribution in [3.63, 3.8) is 0 Å². The molecule has 25 heavy (non-hydrogen) atoms. The third-order valence-electron chi connectivity index (χ3n) is 3.52. The van der Waals surface area contributed by atoms with Gasteiger partial charge < -0.3 is 16.4 Å². The fraction of sp³-hybridized carbons (Fsp3) is 0.105. The standard InChI is InChI=1S/C19H19N5O/c1-2-21-19-22-16(13-7-4-3-5-8-13)12-17(24-19)23-18(25)14-9-6-10-15(20)11-14/h3-12H,2,20H2,1H3,(H2,21,22,23,24,25). The summed E-state index contributed by atoms with van der Waals surface area (Å²) in [5.41, 5.74) is 8.43. The number of nitrogens with zero attached hydrogens (tertiary/aromatic N) is 2. The fourth-order valence-electron chi connectivity index (χ4n) is 2.37. The summed E-state index contributed by atoms with van der Waals surface area (Å²) in [6.07, 6.45) is 0. The second-order valence-corrected chi connectivity index (χ2v) is 5.44. The number of amides is 1. The number of carbonyl (C=O) groups excluding carboxylic acids is 1. The first-order chi connectivity index (χ1) is 12.2. The molecule has 3 rings (SSSR count). The first-order valence-corrected chi connectivity index (χ1v) is 8.01. The summed E-state index contributed by atoms with van der Waals surface area (Å²) in [7, 11) is 0. The summed E-state index contributed by atoms with van der Waals surface area (Å²) in [5, 5.41) is 5.90. The molecule has 126 valence electrons. The smallest absolute Gasteiger partial charge is 0.256 e. The van der Waals surface area contributed by atoms with E-state index in [4.69, 9.17) is 5.73 Å². The Morgan fingerprint density at radius 3 is 2.56 bits per heavy atom. The van der Waals surface area contributed by atoms with Crippen LogP contribution in [0.5, 0.6) is 0 Å². The molecule has 0 atom stereocenters. The van der Waals surface area contributed by atoms with E-state index in [0.29, 0.717) is 29.6 Å². The van der Waals surface area contributed by atoms with Gasteiger partial charge in [0.2, 0.25) is 5.95 Å². The molecule has 6 heteroatoms. The second kappa shape index (κ2) is 7.44. The zero-order chi connectivity index (χ0) is 17.6. The van der Waals surface area contributed by atoms with Gasteiger partial charge in [-0.25, -0.2) is 4.98 Å². The Morgan fingerprint density at radius 1 is 1.04 bits per heavy atom. The maximum atomic E-state index is 12.4. The van der Waals surface area contributed by atoms with Gasteiger partial charge in [-0.2, -0.15) is 4.98 Å². The molecule has 2 aromatic carbocycles. The normalized spacial score (nSPS) is 10.3. The van der Waals surface area contributed by atoms with Crippen molar-refractivity contribution in [1.29, 1.82) is 0 Å². The number of nitrogen functional groups attached to an aromatic ring is 1.